The number of rotatable bonds is 4. The molecule has 0 bridgehead atoms. The molecule has 0 unspecified atom stereocenters. The number of nitrogens with one attached hydrogen (secondary N) is 1. The first-order valence-corrected chi connectivity index (χ1v) is 7.61. The maximum absolute atomic E-state index is 12.0. The van der Waals surface area contributed by atoms with E-state index in [9.17, 15) is 8.42 Å². The molecule has 90 valence electrons. The zero-order valence-electron chi connectivity index (χ0n) is 8.57. The Balaban J connectivity index is 3.12. The Hall–Kier alpha value is 0.0500. The number of hydrogen-bond acceptors (Lipinski definition) is 3. The smallest absolute Gasteiger partial charge is 0.242 e. The van der Waals surface area contributed by atoms with E-state index in [1.807, 2.05) is 0 Å². The lowest BCUT2D eigenvalue weighted by molar-refractivity contribution is 0.562. The Morgan fingerprint density at radius 3 is 2.62 bits per heavy atom. The fraction of sp³-hybridized carbons (Fsp3) is 0.333. The van der Waals surface area contributed by atoms with Gasteiger partial charge in [0.05, 0.1) is 4.90 Å². The SMILES string of the molecule is C[C@@H](CN)NS(=O)(=O)c1cc(Br)ccc1Br. The van der Waals surface area contributed by atoms with E-state index < -0.39 is 10.0 Å². The molecule has 0 amide bonds. The molecule has 0 saturated heterocycles. The number of hydrogen-bond donors (Lipinski definition) is 2. The van der Waals surface area contributed by atoms with Crippen molar-refractivity contribution in [2.45, 2.75) is 17.9 Å². The van der Waals surface area contributed by atoms with E-state index in [1.54, 1.807) is 19.1 Å². The van der Waals surface area contributed by atoms with Gasteiger partial charge in [0.25, 0.3) is 0 Å². The molecule has 0 aliphatic rings. The van der Waals surface area contributed by atoms with Crippen molar-refractivity contribution in [1.82, 2.24) is 4.72 Å². The van der Waals surface area contributed by atoms with Gasteiger partial charge < -0.3 is 5.73 Å². The summed E-state index contributed by atoms with van der Waals surface area (Å²) < 4.78 is 27.6. The second kappa shape index (κ2) is 5.59. The van der Waals surface area contributed by atoms with Crippen LogP contribution in [0.2, 0.25) is 0 Å². The van der Waals surface area contributed by atoms with Crippen LogP contribution in [-0.2, 0) is 10.0 Å². The summed E-state index contributed by atoms with van der Waals surface area (Å²) in [6, 6.07) is 4.67. The minimum absolute atomic E-state index is 0.196. The molecule has 3 N–H and O–H groups in total. The third-order valence-electron chi connectivity index (χ3n) is 1.89. The first-order valence-electron chi connectivity index (χ1n) is 4.54. The molecule has 4 nitrogen and oxygen atoms in total. The third-order valence-corrected chi connectivity index (χ3v) is 4.97. The van der Waals surface area contributed by atoms with Crippen LogP contribution in [0.25, 0.3) is 0 Å². The zero-order valence-corrected chi connectivity index (χ0v) is 12.6. The highest BCUT2D eigenvalue weighted by Gasteiger charge is 2.19. The molecule has 0 fully saturated rings. The monoisotopic (exact) mass is 370 g/mol. The molecule has 1 aromatic rings. The molecule has 0 spiro atoms. The first-order chi connectivity index (χ1) is 7.36. The van der Waals surface area contributed by atoms with Crippen molar-refractivity contribution in [3.05, 3.63) is 27.1 Å². The van der Waals surface area contributed by atoms with E-state index in [0.717, 1.165) is 0 Å². The van der Waals surface area contributed by atoms with Crippen molar-refractivity contribution in [2.24, 2.45) is 5.73 Å². The first kappa shape index (κ1) is 14.1. The molecule has 1 aromatic carbocycles. The zero-order chi connectivity index (χ0) is 12.3. The molecule has 1 rings (SSSR count). The second-order valence-electron chi connectivity index (χ2n) is 3.33. The standard InChI is InChI=1S/C9H12Br2N2O2S/c1-6(5-12)13-16(14,15)9-4-7(10)2-3-8(9)11/h2-4,6,13H,5,12H2,1H3/t6-/m0/s1. The van der Waals surface area contributed by atoms with E-state index in [0.29, 0.717) is 8.95 Å². The minimum Gasteiger partial charge on any atom is -0.329 e. The molecule has 16 heavy (non-hydrogen) atoms. The summed E-state index contributed by atoms with van der Waals surface area (Å²) in [7, 11) is -3.53. The highest BCUT2D eigenvalue weighted by Crippen LogP contribution is 2.25. The highest BCUT2D eigenvalue weighted by molar-refractivity contribution is 9.11. The van der Waals surface area contributed by atoms with Crippen LogP contribution in [0.5, 0.6) is 0 Å². The number of benzene rings is 1. The quantitative estimate of drug-likeness (QED) is 0.848. The van der Waals surface area contributed by atoms with Crippen LogP contribution in [0.15, 0.2) is 32.0 Å². The van der Waals surface area contributed by atoms with Crippen LogP contribution in [0.4, 0.5) is 0 Å². The Bertz CT molecular complexity index is 476. The summed E-state index contributed by atoms with van der Waals surface area (Å²) >= 11 is 6.44. The van der Waals surface area contributed by atoms with Crippen molar-refractivity contribution in [3.8, 4) is 0 Å². The summed E-state index contributed by atoms with van der Waals surface area (Å²) in [5.74, 6) is 0. The Morgan fingerprint density at radius 2 is 2.06 bits per heavy atom. The second-order valence-corrected chi connectivity index (χ2v) is 6.79. The van der Waals surface area contributed by atoms with Crippen LogP contribution < -0.4 is 10.5 Å². The lowest BCUT2D eigenvalue weighted by Gasteiger charge is -2.13. The lowest BCUT2D eigenvalue weighted by atomic mass is 10.4. The fourth-order valence-corrected chi connectivity index (χ4v) is 3.82. The van der Waals surface area contributed by atoms with Crippen LogP contribution in [0.1, 0.15) is 6.92 Å². The van der Waals surface area contributed by atoms with Crippen LogP contribution in [0.3, 0.4) is 0 Å². The van der Waals surface area contributed by atoms with Gasteiger partial charge in [0.1, 0.15) is 0 Å². The van der Waals surface area contributed by atoms with Gasteiger partial charge in [-0.2, -0.15) is 0 Å². The van der Waals surface area contributed by atoms with Gasteiger partial charge in [0.2, 0.25) is 10.0 Å². The maximum Gasteiger partial charge on any atom is 0.242 e. The molecule has 0 aliphatic heterocycles. The molecule has 0 radical (unpaired) electrons. The molecule has 0 saturated carbocycles. The third kappa shape index (κ3) is 3.53. The number of nitrogens with two attached hydrogens (primary N) is 1. The van der Waals surface area contributed by atoms with Gasteiger partial charge in [-0.25, -0.2) is 13.1 Å². The lowest BCUT2D eigenvalue weighted by Crippen LogP contribution is -2.37. The molecule has 7 heteroatoms. The van der Waals surface area contributed by atoms with E-state index >= 15 is 0 Å². The van der Waals surface area contributed by atoms with E-state index in [1.165, 1.54) is 6.07 Å². The molecule has 0 heterocycles. The summed E-state index contributed by atoms with van der Waals surface area (Å²) in [6.07, 6.45) is 0. The van der Waals surface area contributed by atoms with Gasteiger partial charge in [-0.3, -0.25) is 0 Å². The van der Waals surface area contributed by atoms with E-state index in [4.69, 9.17) is 5.73 Å². The van der Waals surface area contributed by atoms with Gasteiger partial charge in [0, 0.05) is 21.5 Å². The summed E-state index contributed by atoms with van der Waals surface area (Å²) in [5, 5.41) is 0. The van der Waals surface area contributed by atoms with Crippen molar-refractivity contribution < 1.29 is 8.42 Å². The molecule has 0 aromatic heterocycles. The van der Waals surface area contributed by atoms with Crippen LogP contribution in [-0.4, -0.2) is 21.0 Å². The van der Waals surface area contributed by atoms with Crippen molar-refractivity contribution in [2.75, 3.05) is 6.54 Å². The Labute approximate surface area is 112 Å². The Morgan fingerprint density at radius 1 is 1.44 bits per heavy atom. The summed E-state index contributed by atoms with van der Waals surface area (Å²) in [5.41, 5.74) is 5.38. The molecular formula is C9H12Br2N2O2S. The fourth-order valence-electron chi connectivity index (χ4n) is 1.06. The normalized spacial score (nSPS) is 13.8. The summed E-state index contributed by atoms with van der Waals surface area (Å²) in [4.78, 5) is 0.196. The van der Waals surface area contributed by atoms with Gasteiger partial charge in [-0.05, 0) is 41.1 Å². The maximum atomic E-state index is 12.0. The van der Waals surface area contributed by atoms with E-state index in [-0.39, 0.29) is 17.5 Å². The van der Waals surface area contributed by atoms with Gasteiger partial charge in [-0.15, -0.1) is 0 Å². The van der Waals surface area contributed by atoms with Crippen molar-refractivity contribution in [1.29, 1.82) is 0 Å². The predicted octanol–water partition coefficient (Wildman–Crippen LogP) is 1.84. The van der Waals surface area contributed by atoms with Gasteiger partial charge >= 0.3 is 0 Å². The van der Waals surface area contributed by atoms with Gasteiger partial charge in [0.15, 0.2) is 0 Å². The molecule has 0 aliphatic carbocycles. The van der Waals surface area contributed by atoms with Crippen LogP contribution >= 0.6 is 31.9 Å². The summed E-state index contributed by atoms with van der Waals surface area (Å²) in [6.45, 7) is 1.97. The van der Waals surface area contributed by atoms with Crippen molar-refractivity contribution in [3.63, 3.8) is 0 Å². The molecular weight excluding hydrogens is 360 g/mol. The number of sulfonamides is 1. The Kier molecular flexibility index (Phi) is 4.93. The highest BCUT2D eigenvalue weighted by atomic mass is 79.9. The topological polar surface area (TPSA) is 72.2 Å². The minimum atomic E-state index is -3.53. The average Bonchev–Trinajstić information content (AvgIpc) is 2.20. The predicted molar refractivity (Wildman–Crippen MR) is 70.7 cm³/mol. The average molecular weight is 372 g/mol. The largest absolute Gasteiger partial charge is 0.329 e. The molecule has 1 atom stereocenters. The van der Waals surface area contributed by atoms with E-state index in [2.05, 4.69) is 36.6 Å². The van der Waals surface area contributed by atoms with Gasteiger partial charge in [-0.1, -0.05) is 15.9 Å². The van der Waals surface area contributed by atoms with Crippen molar-refractivity contribution >= 4 is 41.9 Å². The van der Waals surface area contributed by atoms with Crippen LogP contribution in [0, 0.1) is 0 Å². The number of halogens is 2.